The standard InChI is InChI=1S/C27H27N3O3S/c1-3-18(2)19-8-11-22(12-9-19)28-27(34)30-29-26(31)25-15-14-24(33-25)17-32-23-13-10-20-6-4-5-7-21(20)16-23/h4-16,18H,3,17H2,1-2H3,(H,29,31)(H2,28,30,34)/t18-/m0/s1. The van der Waals surface area contributed by atoms with Crippen molar-refractivity contribution >= 4 is 39.7 Å². The number of rotatable bonds is 7. The van der Waals surface area contributed by atoms with Gasteiger partial charge in [-0.15, -0.1) is 0 Å². The fourth-order valence-corrected chi connectivity index (χ4v) is 3.63. The van der Waals surface area contributed by atoms with E-state index in [0.717, 1.165) is 28.6 Å². The second-order valence-electron chi connectivity index (χ2n) is 8.03. The minimum Gasteiger partial charge on any atom is -0.486 e. The normalized spacial score (nSPS) is 11.6. The molecular formula is C27H27N3O3S. The maximum atomic E-state index is 12.4. The molecule has 1 amide bonds. The van der Waals surface area contributed by atoms with Crippen molar-refractivity contribution in [3.05, 3.63) is 95.9 Å². The van der Waals surface area contributed by atoms with Crippen molar-refractivity contribution in [1.29, 1.82) is 0 Å². The monoisotopic (exact) mass is 473 g/mol. The number of carbonyl (C=O) groups excluding carboxylic acids is 1. The summed E-state index contributed by atoms with van der Waals surface area (Å²) in [4.78, 5) is 12.4. The van der Waals surface area contributed by atoms with Gasteiger partial charge in [0.1, 0.15) is 18.1 Å². The minimum atomic E-state index is -0.437. The van der Waals surface area contributed by atoms with Crippen LogP contribution in [0.4, 0.5) is 5.69 Å². The maximum absolute atomic E-state index is 12.4. The van der Waals surface area contributed by atoms with Crippen LogP contribution in [0, 0.1) is 0 Å². The molecule has 6 nitrogen and oxygen atoms in total. The highest BCUT2D eigenvalue weighted by Crippen LogP contribution is 2.22. The van der Waals surface area contributed by atoms with Crippen LogP contribution >= 0.6 is 12.2 Å². The predicted octanol–water partition coefficient (Wildman–Crippen LogP) is 6.16. The van der Waals surface area contributed by atoms with Crippen LogP contribution in [0.2, 0.25) is 0 Å². The summed E-state index contributed by atoms with van der Waals surface area (Å²) in [7, 11) is 0. The van der Waals surface area contributed by atoms with Gasteiger partial charge in [0, 0.05) is 5.69 Å². The van der Waals surface area contributed by atoms with E-state index in [0.29, 0.717) is 11.7 Å². The summed E-state index contributed by atoms with van der Waals surface area (Å²) >= 11 is 5.26. The van der Waals surface area contributed by atoms with Crippen LogP contribution in [-0.2, 0) is 6.61 Å². The molecule has 4 aromatic rings. The highest BCUT2D eigenvalue weighted by Gasteiger charge is 2.12. The van der Waals surface area contributed by atoms with E-state index in [2.05, 4.69) is 48.2 Å². The average molecular weight is 474 g/mol. The molecule has 1 aromatic heterocycles. The lowest BCUT2D eigenvalue weighted by Crippen LogP contribution is -2.43. The SMILES string of the molecule is CC[C@H](C)c1ccc(NC(=S)NNC(=O)c2ccc(COc3ccc4ccccc4c3)o2)cc1. The summed E-state index contributed by atoms with van der Waals surface area (Å²) in [6.45, 7) is 4.57. The molecule has 1 heterocycles. The third kappa shape index (κ3) is 5.94. The summed E-state index contributed by atoms with van der Waals surface area (Å²) in [5.74, 6) is 1.50. The molecule has 4 rings (SSSR count). The molecule has 0 unspecified atom stereocenters. The van der Waals surface area contributed by atoms with Crippen LogP contribution in [0.1, 0.15) is 48.1 Å². The van der Waals surface area contributed by atoms with Crippen LogP contribution in [0.3, 0.4) is 0 Å². The van der Waals surface area contributed by atoms with Crippen LogP contribution in [0.25, 0.3) is 10.8 Å². The molecule has 1 atom stereocenters. The Morgan fingerprint density at radius 2 is 1.74 bits per heavy atom. The molecule has 174 valence electrons. The Bertz CT molecular complexity index is 1280. The number of benzene rings is 3. The number of hydrazine groups is 1. The number of ether oxygens (including phenoxy) is 1. The fourth-order valence-electron chi connectivity index (χ4n) is 3.46. The van der Waals surface area contributed by atoms with Gasteiger partial charge in [-0.05, 0) is 77.3 Å². The van der Waals surface area contributed by atoms with Gasteiger partial charge in [-0.2, -0.15) is 0 Å². The lowest BCUT2D eigenvalue weighted by atomic mass is 9.99. The fraction of sp³-hybridized carbons (Fsp3) is 0.185. The first kappa shape index (κ1) is 23.3. The summed E-state index contributed by atoms with van der Waals surface area (Å²) in [5, 5.41) is 5.57. The molecule has 0 aliphatic rings. The molecule has 0 saturated carbocycles. The molecule has 0 aliphatic heterocycles. The second-order valence-corrected chi connectivity index (χ2v) is 8.44. The van der Waals surface area contributed by atoms with E-state index < -0.39 is 5.91 Å². The van der Waals surface area contributed by atoms with Crippen molar-refractivity contribution in [1.82, 2.24) is 10.9 Å². The number of hydrogen-bond acceptors (Lipinski definition) is 4. The molecule has 3 N–H and O–H groups in total. The Kier molecular flexibility index (Phi) is 7.44. The number of fused-ring (bicyclic) bond motifs is 1. The van der Waals surface area contributed by atoms with Crippen molar-refractivity contribution < 1.29 is 13.9 Å². The number of furan rings is 1. The van der Waals surface area contributed by atoms with E-state index in [9.17, 15) is 4.79 Å². The minimum absolute atomic E-state index is 0.158. The van der Waals surface area contributed by atoms with Crippen molar-refractivity contribution in [3.8, 4) is 5.75 Å². The van der Waals surface area contributed by atoms with Gasteiger partial charge in [0.05, 0.1) is 0 Å². The van der Waals surface area contributed by atoms with Gasteiger partial charge in [-0.3, -0.25) is 15.6 Å². The molecule has 7 heteroatoms. The van der Waals surface area contributed by atoms with Crippen molar-refractivity contribution in [3.63, 3.8) is 0 Å². The van der Waals surface area contributed by atoms with Gasteiger partial charge in [0.25, 0.3) is 0 Å². The molecule has 3 aromatic carbocycles. The molecule has 0 spiro atoms. The van der Waals surface area contributed by atoms with Crippen molar-refractivity contribution in [2.45, 2.75) is 32.8 Å². The van der Waals surface area contributed by atoms with Crippen molar-refractivity contribution in [2.24, 2.45) is 0 Å². The molecule has 0 fully saturated rings. The van der Waals surface area contributed by atoms with Gasteiger partial charge in [0.15, 0.2) is 10.9 Å². The van der Waals surface area contributed by atoms with Gasteiger partial charge >= 0.3 is 5.91 Å². The first-order chi connectivity index (χ1) is 16.5. The van der Waals surface area contributed by atoms with Gasteiger partial charge in [-0.25, -0.2) is 0 Å². The van der Waals surface area contributed by atoms with E-state index in [1.807, 2.05) is 48.5 Å². The van der Waals surface area contributed by atoms with E-state index in [-0.39, 0.29) is 17.5 Å². The number of amides is 1. The Morgan fingerprint density at radius 1 is 0.971 bits per heavy atom. The Hall–Kier alpha value is -3.84. The molecule has 0 radical (unpaired) electrons. The number of nitrogens with one attached hydrogen (secondary N) is 3. The lowest BCUT2D eigenvalue weighted by molar-refractivity contribution is 0.0912. The molecule has 0 saturated heterocycles. The predicted molar refractivity (Wildman–Crippen MR) is 139 cm³/mol. The third-order valence-corrected chi connectivity index (χ3v) is 5.83. The van der Waals surface area contributed by atoms with Crippen LogP contribution < -0.4 is 20.9 Å². The first-order valence-corrected chi connectivity index (χ1v) is 11.6. The van der Waals surface area contributed by atoms with E-state index >= 15 is 0 Å². The zero-order valence-electron chi connectivity index (χ0n) is 19.1. The zero-order valence-corrected chi connectivity index (χ0v) is 19.9. The number of hydrogen-bond donors (Lipinski definition) is 3. The van der Waals surface area contributed by atoms with Gasteiger partial charge < -0.3 is 14.5 Å². The average Bonchev–Trinajstić information content (AvgIpc) is 3.35. The van der Waals surface area contributed by atoms with Crippen LogP contribution in [0.5, 0.6) is 5.75 Å². The zero-order chi connectivity index (χ0) is 23.9. The van der Waals surface area contributed by atoms with E-state index in [4.69, 9.17) is 21.4 Å². The smallest absolute Gasteiger partial charge is 0.305 e. The quantitative estimate of drug-likeness (QED) is 0.221. The summed E-state index contributed by atoms with van der Waals surface area (Å²) in [5.41, 5.74) is 7.34. The topological polar surface area (TPSA) is 75.5 Å². The summed E-state index contributed by atoms with van der Waals surface area (Å²) < 4.78 is 11.4. The van der Waals surface area contributed by atoms with E-state index in [1.165, 1.54) is 5.56 Å². The molecule has 34 heavy (non-hydrogen) atoms. The largest absolute Gasteiger partial charge is 0.486 e. The van der Waals surface area contributed by atoms with Crippen molar-refractivity contribution in [2.75, 3.05) is 5.32 Å². The lowest BCUT2D eigenvalue weighted by Gasteiger charge is -2.13. The van der Waals surface area contributed by atoms with Crippen LogP contribution in [0.15, 0.2) is 83.3 Å². The number of anilines is 1. The van der Waals surface area contributed by atoms with Gasteiger partial charge in [0.2, 0.25) is 0 Å². The van der Waals surface area contributed by atoms with Crippen LogP contribution in [-0.4, -0.2) is 11.0 Å². The Morgan fingerprint density at radius 3 is 2.50 bits per heavy atom. The number of carbonyl (C=O) groups is 1. The highest BCUT2D eigenvalue weighted by atomic mass is 32.1. The molecule has 0 aliphatic carbocycles. The molecular weight excluding hydrogens is 446 g/mol. The number of thiocarbonyl (C=S) groups is 1. The molecule has 0 bridgehead atoms. The third-order valence-electron chi connectivity index (χ3n) is 5.63. The Balaban J connectivity index is 1.25. The van der Waals surface area contributed by atoms with E-state index in [1.54, 1.807) is 12.1 Å². The first-order valence-electron chi connectivity index (χ1n) is 11.2. The summed E-state index contributed by atoms with van der Waals surface area (Å²) in [6.07, 6.45) is 1.09. The Labute approximate surface area is 204 Å². The maximum Gasteiger partial charge on any atom is 0.305 e. The summed E-state index contributed by atoms with van der Waals surface area (Å²) in [6, 6.07) is 25.3. The van der Waals surface area contributed by atoms with Gasteiger partial charge in [-0.1, -0.05) is 56.3 Å². The second kappa shape index (κ2) is 10.9. The highest BCUT2D eigenvalue weighted by molar-refractivity contribution is 7.80.